The number of fused-ring (bicyclic) bond motifs is 11. The van der Waals surface area contributed by atoms with Gasteiger partial charge in [-0.05, 0) is 74.8 Å². The van der Waals surface area contributed by atoms with Crippen molar-refractivity contribution in [2.75, 3.05) is 0 Å². The van der Waals surface area contributed by atoms with Crippen LogP contribution in [0.15, 0.2) is 199 Å². The predicted molar refractivity (Wildman–Crippen MR) is 248 cm³/mol. The van der Waals surface area contributed by atoms with Gasteiger partial charge in [0.2, 0.25) is 0 Å². The van der Waals surface area contributed by atoms with E-state index in [1.54, 1.807) is 0 Å². The van der Waals surface area contributed by atoms with Gasteiger partial charge in [0, 0.05) is 49.0 Å². The van der Waals surface area contributed by atoms with Gasteiger partial charge in [-0.1, -0.05) is 152 Å². The molecule has 0 radical (unpaired) electrons. The molecular weight excluding hydrogens is 733 g/mol. The normalized spacial score (nSPS) is 12.0. The third-order valence-electron chi connectivity index (χ3n) is 12.1. The zero-order valence-electron chi connectivity index (χ0n) is 32.2. The smallest absolute Gasteiger partial charge is 0.164 e. The van der Waals surface area contributed by atoms with E-state index in [1.807, 2.05) is 36.4 Å². The summed E-state index contributed by atoms with van der Waals surface area (Å²) in [6, 6.07) is 68.7. The summed E-state index contributed by atoms with van der Waals surface area (Å²) in [5.41, 5.74) is 7.74. The first-order valence-corrected chi connectivity index (χ1v) is 20.3. The highest BCUT2D eigenvalue weighted by atomic mass is 16.3. The second-order valence-electron chi connectivity index (χ2n) is 15.6. The Morgan fingerprint density at radius 2 is 0.900 bits per heavy atom. The van der Waals surface area contributed by atoms with Gasteiger partial charge in [0.15, 0.2) is 17.5 Å². The molecular formula is C55H32N4O. The van der Waals surface area contributed by atoms with Crippen LogP contribution in [-0.2, 0) is 0 Å². The van der Waals surface area contributed by atoms with Gasteiger partial charge in [-0.3, -0.25) is 0 Å². The quantitative estimate of drug-likeness (QED) is 0.179. The van der Waals surface area contributed by atoms with Gasteiger partial charge in [0.1, 0.15) is 11.2 Å². The predicted octanol–water partition coefficient (Wildman–Crippen LogP) is 14.5. The first-order valence-electron chi connectivity index (χ1n) is 20.3. The lowest BCUT2D eigenvalue weighted by molar-refractivity contribution is 0.672. The number of hydrogen-bond donors (Lipinski definition) is 0. The topological polar surface area (TPSA) is 56.7 Å². The fraction of sp³-hybridized carbons (Fsp3) is 0. The van der Waals surface area contributed by atoms with Crippen molar-refractivity contribution in [2.45, 2.75) is 0 Å². The van der Waals surface area contributed by atoms with Crippen molar-refractivity contribution in [1.29, 1.82) is 0 Å². The van der Waals surface area contributed by atoms with Crippen LogP contribution in [0, 0.1) is 0 Å². The summed E-state index contributed by atoms with van der Waals surface area (Å²) >= 11 is 0. The average molecular weight is 765 g/mol. The maximum absolute atomic E-state index is 6.89. The standard InChI is InChI=1S/C55H32N4O/c1-2-14-34(15-3-1)53-56-54(40-26-25-33-13-4-5-16-35(33)27-40)58-55(57-53)43-23-12-24-50-51(43)46-32-49(41-21-10-11-22-42(41)52(46)60-50)59-47-30-38-19-8-6-17-36(38)28-44(47)45-29-37-18-7-9-20-39(37)31-48(45)59/h1-32H. The molecule has 0 fully saturated rings. The number of hydrogen-bond acceptors (Lipinski definition) is 4. The molecule has 3 heterocycles. The van der Waals surface area contributed by atoms with E-state index in [9.17, 15) is 0 Å². The van der Waals surface area contributed by atoms with E-state index in [2.05, 4.69) is 162 Å². The second kappa shape index (κ2) is 12.7. The molecule has 0 aliphatic rings. The lowest BCUT2D eigenvalue weighted by atomic mass is 10.0. The molecule has 0 spiro atoms. The molecule has 0 saturated heterocycles. The lowest BCUT2D eigenvalue weighted by Crippen LogP contribution is -2.00. The van der Waals surface area contributed by atoms with Crippen molar-refractivity contribution < 1.29 is 4.42 Å². The first kappa shape index (κ1) is 32.9. The minimum atomic E-state index is 0.588. The number of benzene rings is 10. The molecule has 10 aromatic carbocycles. The minimum absolute atomic E-state index is 0.588. The molecule has 278 valence electrons. The van der Waals surface area contributed by atoms with Crippen molar-refractivity contribution in [2.24, 2.45) is 0 Å². The van der Waals surface area contributed by atoms with Crippen LogP contribution in [0.5, 0.6) is 0 Å². The first-order chi connectivity index (χ1) is 29.7. The maximum atomic E-state index is 6.89. The molecule has 0 bridgehead atoms. The molecule has 60 heavy (non-hydrogen) atoms. The summed E-state index contributed by atoms with van der Waals surface area (Å²) in [5.74, 6) is 1.82. The summed E-state index contributed by atoms with van der Waals surface area (Å²) in [7, 11) is 0. The van der Waals surface area contributed by atoms with E-state index in [1.165, 1.54) is 37.7 Å². The van der Waals surface area contributed by atoms with Crippen molar-refractivity contribution in [3.63, 3.8) is 0 Å². The minimum Gasteiger partial charge on any atom is -0.455 e. The van der Waals surface area contributed by atoms with E-state index in [-0.39, 0.29) is 0 Å². The van der Waals surface area contributed by atoms with E-state index in [4.69, 9.17) is 19.4 Å². The van der Waals surface area contributed by atoms with Crippen LogP contribution in [0.3, 0.4) is 0 Å². The van der Waals surface area contributed by atoms with Crippen molar-refractivity contribution in [3.8, 4) is 39.9 Å². The number of furan rings is 1. The number of aromatic nitrogens is 4. The van der Waals surface area contributed by atoms with Gasteiger partial charge < -0.3 is 8.98 Å². The largest absolute Gasteiger partial charge is 0.455 e. The Labute approximate surface area is 343 Å². The van der Waals surface area contributed by atoms with E-state index in [0.717, 1.165) is 71.5 Å². The Hall–Kier alpha value is -8.15. The van der Waals surface area contributed by atoms with E-state index < -0.39 is 0 Å². The van der Waals surface area contributed by atoms with Crippen molar-refractivity contribution in [1.82, 2.24) is 19.5 Å². The number of rotatable bonds is 4. The lowest BCUT2D eigenvalue weighted by Gasteiger charge is -2.13. The zero-order valence-corrected chi connectivity index (χ0v) is 32.2. The van der Waals surface area contributed by atoms with Crippen molar-refractivity contribution >= 4 is 86.8 Å². The van der Waals surface area contributed by atoms with Gasteiger partial charge >= 0.3 is 0 Å². The summed E-state index contributed by atoms with van der Waals surface area (Å²) in [5, 5.41) is 13.7. The van der Waals surface area contributed by atoms with Gasteiger partial charge in [0.05, 0.1) is 16.7 Å². The van der Waals surface area contributed by atoms with Gasteiger partial charge in [-0.2, -0.15) is 0 Å². The summed E-state index contributed by atoms with van der Waals surface area (Å²) in [4.78, 5) is 15.5. The second-order valence-corrected chi connectivity index (χ2v) is 15.6. The van der Waals surface area contributed by atoms with Crippen LogP contribution < -0.4 is 0 Å². The molecule has 0 atom stereocenters. The molecule has 0 aliphatic heterocycles. The Morgan fingerprint density at radius 1 is 0.350 bits per heavy atom. The zero-order chi connectivity index (χ0) is 39.3. The van der Waals surface area contributed by atoms with Crippen LogP contribution in [-0.4, -0.2) is 19.5 Å². The van der Waals surface area contributed by atoms with Crippen LogP contribution in [0.25, 0.3) is 127 Å². The molecule has 5 heteroatoms. The third-order valence-corrected chi connectivity index (χ3v) is 12.1. The fourth-order valence-electron chi connectivity index (χ4n) is 9.32. The third kappa shape index (κ3) is 4.96. The summed E-state index contributed by atoms with van der Waals surface area (Å²) in [6.07, 6.45) is 0. The molecule has 0 N–H and O–H groups in total. The van der Waals surface area contributed by atoms with Crippen LogP contribution in [0.1, 0.15) is 0 Å². The van der Waals surface area contributed by atoms with Crippen LogP contribution >= 0.6 is 0 Å². The molecule has 3 aromatic heterocycles. The molecule has 0 unspecified atom stereocenters. The SMILES string of the molecule is c1ccc(-c2nc(-c3ccc4ccccc4c3)nc(-c3cccc4oc5c6ccccc6c(-n6c7cc8ccccc8cc7c7cc8ccccc8cc76)cc5c34)n2)cc1. The van der Waals surface area contributed by atoms with Gasteiger partial charge in [0.25, 0.3) is 0 Å². The highest BCUT2D eigenvalue weighted by molar-refractivity contribution is 6.23. The average Bonchev–Trinajstić information content (AvgIpc) is 3.84. The highest BCUT2D eigenvalue weighted by Crippen LogP contribution is 2.44. The maximum Gasteiger partial charge on any atom is 0.164 e. The highest BCUT2D eigenvalue weighted by Gasteiger charge is 2.23. The van der Waals surface area contributed by atoms with Crippen LogP contribution in [0.4, 0.5) is 0 Å². The molecule has 0 saturated carbocycles. The molecule has 0 amide bonds. The number of nitrogens with zero attached hydrogens (tertiary/aromatic N) is 4. The molecule has 0 aliphatic carbocycles. The Kier molecular flexibility index (Phi) is 6.95. The molecule has 13 aromatic rings. The Bertz CT molecular complexity index is 3810. The van der Waals surface area contributed by atoms with E-state index >= 15 is 0 Å². The van der Waals surface area contributed by atoms with Crippen molar-refractivity contribution in [3.05, 3.63) is 194 Å². The van der Waals surface area contributed by atoms with Gasteiger partial charge in [-0.25, -0.2) is 15.0 Å². The van der Waals surface area contributed by atoms with Crippen LogP contribution in [0.2, 0.25) is 0 Å². The summed E-state index contributed by atoms with van der Waals surface area (Å²) in [6.45, 7) is 0. The fourth-order valence-corrected chi connectivity index (χ4v) is 9.32. The molecule has 5 nitrogen and oxygen atoms in total. The summed E-state index contributed by atoms with van der Waals surface area (Å²) < 4.78 is 9.35. The van der Waals surface area contributed by atoms with Gasteiger partial charge in [-0.15, -0.1) is 0 Å². The molecule has 13 rings (SSSR count). The Morgan fingerprint density at radius 3 is 1.58 bits per heavy atom. The monoisotopic (exact) mass is 764 g/mol. The Balaban J connectivity index is 1.12. The van der Waals surface area contributed by atoms with E-state index in [0.29, 0.717) is 17.5 Å².